The Bertz CT molecular complexity index is 935. The molecule has 1 saturated carbocycles. The number of hydrogen-bond acceptors (Lipinski definition) is 6. The van der Waals surface area contributed by atoms with Gasteiger partial charge < -0.3 is 21.8 Å². The van der Waals surface area contributed by atoms with E-state index < -0.39 is 0 Å². The molecule has 0 aromatic carbocycles. The number of aromatic nitrogens is 3. The molecule has 1 aliphatic rings. The van der Waals surface area contributed by atoms with Gasteiger partial charge in [0.1, 0.15) is 5.69 Å². The van der Waals surface area contributed by atoms with Gasteiger partial charge in [0.25, 0.3) is 5.91 Å². The molecule has 0 saturated heterocycles. The van der Waals surface area contributed by atoms with Gasteiger partial charge in [0.05, 0.1) is 30.2 Å². The van der Waals surface area contributed by atoms with E-state index >= 15 is 0 Å². The summed E-state index contributed by atoms with van der Waals surface area (Å²) in [6.07, 6.45) is 5.11. The summed E-state index contributed by atoms with van der Waals surface area (Å²) in [5.74, 6) is -0.697. The van der Waals surface area contributed by atoms with E-state index in [4.69, 9.17) is 11.1 Å². The van der Waals surface area contributed by atoms with Crippen LogP contribution in [0.3, 0.4) is 0 Å². The van der Waals surface area contributed by atoms with E-state index in [1.165, 1.54) is 6.20 Å². The Kier molecular flexibility index (Phi) is 5.53. The summed E-state index contributed by atoms with van der Waals surface area (Å²) in [4.78, 5) is 28.6. The van der Waals surface area contributed by atoms with Crippen LogP contribution in [0.4, 0.5) is 5.69 Å². The first-order chi connectivity index (χ1) is 13.4. The van der Waals surface area contributed by atoms with Crippen LogP contribution in [0, 0.1) is 5.41 Å². The summed E-state index contributed by atoms with van der Waals surface area (Å²) in [6, 6.07) is 5.29. The second kappa shape index (κ2) is 8.03. The quantitative estimate of drug-likeness (QED) is 0.541. The molecule has 146 valence electrons. The molecule has 2 amide bonds. The normalized spacial score (nSPS) is 14.2. The molecule has 2 aromatic heterocycles. The summed E-state index contributed by atoms with van der Waals surface area (Å²) in [7, 11) is 0. The minimum atomic E-state index is -0.366. The summed E-state index contributed by atoms with van der Waals surface area (Å²) in [5, 5.41) is 17.2. The topological polar surface area (TPSA) is 139 Å². The lowest BCUT2D eigenvalue weighted by Gasteiger charge is -2.10. The van der Waals surface area contributed by atoms with Gasteiger partial charge in [0, 0.05) is 23.2 Å². The van der Waals surface area contributed by atoms with Gasteiger partial charge in [-0.05, 0) is 44.9 Å². The van der Waals surface area contributed by atoms with Gasteiger partial charge in [0.2, 0.25) is 5.91 Å². The molecule has 9 heteroatoms. The van der Waals surface area contributed by atoms with Gasteiger partial charge >= 0.3 is 0 Å². The highest BCUT2D eigenvalue weighted by Gasteiger charge is 2.28. The Morgan fingerprint density at radius 3 is 2.61 bits per heavy atom. The third kappa shape index (κ3) is 4.43. The number of nitrogens with one attached hydrogen (secondary N) is 3. The first-order valence-electron chi connectivity index (χ1n) is 8.96. The molecule has 0 spiro atoms. The fourth-order valence-electron chi connectivity index (χ4n) is 2.87. The smallest absolute Gasteiger partial charge is 0.270 e. The van der Waals surface area contributed by atoms with Crippen LogP contribution in [-0.4, -0.2) is 38.8 Å². The Morgan fingerprint density at radius 1 is 1.29 bits per heavy atom. The Labute approximate surface area is 162 Å². The van der Waals surface area contributed by atoms with Gasteiger partial charge in [-0.1, -0.05) is 0 Å². The lowest BCUT2D eigenvalue weighted by Crippen LogP contribution is -2.34. The van der Waals surface area contributed by atoms with Gasteiger partial charge in [-0.15, -0.1) is 0 Å². The molecule has 0 bridgehead atoms. The summed E-state index contributed by atoms with van der Waals surface area (Å²) < 4.78 is 1.70. The highest BCUT2D eigenvalue weighted by Crippen LogP contribution is 2.34. The monoisotopic (exact) mass is 381 g/mol. The van der Waals surface area contributed by atoms with Crippen LogP contribution in [0.5, 0.6) is 0 Å². The van der Waals surface area contributed by atoms with Crippen molar-refractivity contribution in [3.8, 4) is 0 Å². The van der Waals surface area contributed by atoms with Gasteiger partial charge in [0.15, 0.2) is 0 Å². The number of pyridine rings is 1. The summed E-state index contributed by atoms with van der Waals surface area (Å²) in [6.45, 7) is 3.19. The SMILES string of the molecule is CC(=N)/C(=C(/C)N)c1ccc(NC(=O)CNC(=O)c2ccnn2C2CC2)cn1. The molecule has 2 heterocycles. The maximum Gasteiger partial charge on any atom is 0.270 e. The van der Waals surface area contributed by atoms with Crippen LogP contribution in [0.1, 0.15) is 48.9 Å². The zero-order chi connectivity index (χ0) is 20.3. The second-order valence-electron chi connectivity index (χ2n) is 6.74. The number of amides is 2. The molecule has 5 N–H and O–H groups in total. The Hall–Kier alpha value is -3.49. The number of anilines is 1. The average molecular weight is 381 g/mol. The van der Waals surface area contributed by atoms with Crippen LogP contribution >= 0.6 is 0 Å². The van der Waals surface area contributed by atoms with E-state index in [2.05, 4.69) is 20.7 Å². The molecule has 0 aliphatic heterocycles. The number of rotatable bonds is 7. The van der Waals surface area contributed by atoms with Crippen LogP contribution in [0.2, 0.25) is 0 Å². The average Bonchev–Trinajstić information content (AvgIpc) is 3.37. The van der Waals surface area contributed by atoms with Crippen molar-refractivity contribution in [2.24, 2.45) is 5.73 Å². The lowest BCUT2D eigenvalue weighted by molar-refractivity contribution is -0.115. The zero-order valence-corrected chi connectivity index (χ0v) is 15.8. The third-order valence-electron chi connectivity index (χ3n) is 4.28. The second-order valence-corrected chi connectivity index (χ2v) is 6.74. The highest BCUT2D eigenvalue weighted by molar-refractivity contribution is 6.21. The Morgan fingerprint density at radius 2 is 2.04 bits per heavy atom. The minimum Gasteiger partial charge on any atom is -0.402 e. The van der Waals surface area contributed by atoms with E-state index in [9.17, 15) is 9.59 Å². The predicted octanol–water partition coefficient (Wildman–Crippen LogP) is 1.71. The van der Waals surface area contributed by atoms with Gasteiger partial charge in [-0.3, -0.25) is 19.3 Å². The fourth-order valence-corrected chi connectivity index (χ4v) is 2.87. The Balaban J connectivity index is 1.56. The summed E-state index contributed by atoms with van der Waals surface area (Å²) in [5.41, 5.74) is 8.71. The van der Waals surface area contributed by atoms with Gasteiger partial charge in [-0.2, -0.15) is 5.10 Å². The van der Waals surface area contributed by atoms with Crippen molar-refractivity contribution in [1.29, 1.82) is 5.41 Å². The number of carbonyl (C=O) groups is 2. The number of nitrogens with zero attached hydrogens (tertiary/aromatic N) is 3. The van der Waals surface area contributed by atoms with Crippen LogP contribution in [-0.2, 0) is 4.79 Å². The molecular weight excluding hydrogens is 358 g/mol. The number of carbonyl (C=O) groups excluding carboxylic acids is 2. The molecule has 1 fully saturated rings. The van der Waals surface area contributed by atoms with Crippen molar-refractivity contribution >= 4 is 28.8 Å². The van der Waals surface area contributed by atoms with E-state index in [1.54, 1.807) is 42.9 Å². The van der Waals surface area contributed by atoms with E-state index in [-0.39, 0.29) is 24.4 Å². The molecule has 1 aliphatic carbocycles. The molecule has 3 rings (SSSR count). The maximum atomic E-state index is 12.3. The first kappa shape index (κ1) is 19.3. The van der Waals surface area contributed by atoms with Crippen molar-refractivity contribution in [1.82, 2.24) is 20.1 Å². The van der Waals surface area contributed by atoms with Crippen LogP contribution < -0.4 is 16.4 Å². The van der Waals surface area contributed by atoms with E-state index in [0.29, 0.717) is 34.1 Å². The minimum absolute atomic E-state index is 0.164. The van der Waals surface area contributed by atoms with Crippen LogP contribution in [0.15, 0.2) is 36.3 Å². The fraction of sp³-hybridized carbons (Fsp3) is 0.316. The van der Waals surface area contributed by atoms with Crippen molar-refractivity contribution in [2.75, 3.05) is 11.9 Å². The van der Waals surface area contributed by atoms with Crippen molar-refractivity contribution in [2.45, 2.75) is 32.7 Å². The van der Waals surface area contributed by atoms with Crippen LogP contribution in [0.25, 0.3) is 5.57 Å². The molecular formula is C19H23N7O2. The molecule has 0 atom stereocenters. The standard InChI is InChI=1S/C19H23N7O2/c1-11(20)18(12(2)21)15-6-3-13(9-22-15)25-17(27)10-23-19(28)16-7-8-24-26(16)14-4-5-14/h3,6-9,14,20H,4-5,10,21H2,1-2H3,(H,23,28)(H,25,27)/b18-12+,20-11?. The van der Waals surface area contributed by atoms with E-state index in [0.717, 1.165) is 12.8 Å². The number of hydrogen-bond donors (Lipinski definition) is 4. The van der Waals surface area contributed by atoms with Crippen molar-refractivity contribution < 1.29 is 9.59 Å². The zero-order valence-electron chi connectivity index (χ0n) is 15.8. The van der Waals surface area contributed by atoms with Gasteiger partial charge in [-0.25, -0.2) is 0 Å². The largest absolute Gasteiger partial charge is 0.402 e. The molecule has 0 radical (unpaired) electrons. The molecule has 2 aromatic rings. The molecule has 9 nitrogen and oxygen atoms in total. The molecule has 28 heavy (non-hydrogen) atoms. The number of nitrogens with two attached hydrogens (primary N) is 1. The lowest BCUT2D eigenvalue weighted by atomic mass is 10.1. The molecule has 0 unspecified atom stereocenters. The van der Waals surface area contributed by atoms with Crippen molar-refractivity contribution in [3.63, 3.8) is 0 Å². The first-order valence-corrected chi connectivity index (χ1v) is 8.96. The number of allylic oxidation sites excluding steroid dienone is 2. The highest BCUT2D eigenvalue weighted by atomic mass is 16.2. The maximum absolute atomic E-state index is 12.3. The third-order valence-corrected chi connectivity index (χ3v) is 4.28. The van der Waals surface area contributed by atoms with E-state index in [1.807, 2.05) is 0 Å². The van der Waals surface area contributed by atoms with Crippen molar-refractivity contribution in [3.05, 3.63) is 47.7 Å². The predicted molar refractivity (Wildman–Crippen MR) is 106 cm³/mol. The summed E-state index contributed by atoms with van der Waals surface area (Å²) >= 11 is 0.